The Hall–Kier alpha value is -2.86. The number of anilines is 1. The fourth-order valence-corrected chi connectivity index (χ4v) is 6.09. The van der Waals surface area contributed by atoms with Crippen molar-refractivity contribution in [1.82, 2.24) is 40.5 Å². The highest BCUT2D eigenvalue weighted by atomic mass is 35.5. The second kappa shape index (κ2) is 10.5. The normalized spacial score (nSPS) is 18.3. The predicted molar refractivity (Wildman–Crippen MR) is 144 cm³/mol. The lowest BCUT2D eigenvalue weighted by atomic mass is 10.1. The topological polar surface area (TPSA) is 112 Å². The van der Waals surface area contributed by atoms with E-state index in [1.807, 2.05) is 6.07 Å². The van der Waals surface area contributed by atoms with Gasteiger partial charge >= 0.3 is 0 Å². The van der Waals surface area contributed by atoms with Crippen molar-refractivity contribution in [3.63, 3.8) is 0 Å². The Morgan fingerprint density at radius 2 is 2.00 bits per heavy atom. The van der Waals surface area contributed by atoms with E-state index in [1.165, 1.54) is 17.3 Å². The number of rotatable bonds is 7. The number of fused-ring (bicyclic) bond motifs is 2. The summed E-state index contributed by atoms with van der Waals surface area (Å²) < 4.78 is 0. The lowest BCUT2D eigenvalue weighted by Crippen LogP contribution is -2.61. The molecule has 6 rings (SSSR count). The third-order valence-electron chi connectivity index (χ3n) is 6.91. The van der Waals surface area contributed by atoms with Crippen LogP contribution < -0.4 is 15.5 Å². The molecule has 3 aliphatic rings. The zero-order valence-electron chi connectivity index (χ0n) is 20.6. The van der Waals surface area contributed by atoms with E-state index in [4.69, 9.17) is 21.6 Å². The van der Waals surface area contributed by atoms with E-state index >= 15 is 0 Å². The summed E-state index contributed by atoms with van der Waals surface area (Å²) in [5, 5.41) is 7.90. The Morgan fingerprint density at radius 3 is 2.81 bits per heavy atom. The molecule has 10 nitrogen and oxygen atoms in total. The highest BCUT2D eigenvalue weighted by molar-refractivity contribution is 7.99. The average Bonchev–Trinajstić information content (AvgIpc) is 3.21. The first kappa shape index (κ1) is 24.5. The summed E-state index contributed by atoms with van der Waals surface area (Å²) in [4.78, 5) is 40.7. The predicted octanol–water partition coefficient (Wildman–Crippen LogP) is 2.09. The standard InChI is InChI=1S/C25H28ClN9OS/c1-2-15-9-18-21(22(15)26)24(35-12-16(13-35)31-20(36)14-34-7-5-27-6-8-34)33-25(32-18)37-17-10-19-23(30-11-17)29-4-3-28-19/h3-4,10-11,16,27H,2,5-9,12-14H2,1H3,(H,31,36). The zero-order valence-corrected chi connectivity index (χ0v) is 22.1. The number of piperazine rings is 1. The molecule has 192 valence electrons. The van der Waals surface area contributed by atoms with Crippen molar-refractivity contribution in [3.8, 4) is 0 Å². The molecule has 0 aromatic carbocycles. The molecule has 12 heteroatoms. The van der Waals surface area contributed by atoms with Crippen LogP contribution in [0.25, 0.3) is 16.2 Å². The van der Waals surface area contributed by atoms with Crippen LogP contribution in [0, 0.1) is 0 Å². The number of allylic oxidation sites excluding steroid dienone is 1. The Bertz CT molecular complexity index is 1370. The van der Waals surface area contributed by atoms with Crippen molar-refractivity contribution in [3.05, 3.63) is 41.5 Å². The molecule has 3 aromatic rings. The van der Waals surface area contributed by atoms with Gasteiger partial charge in [0, 0.05) is 69.2 Å². The number of hydrogen-bond donors (Lipinski definition) is 2. The highest BCUT2D eigenvalue weighted by Gasteiger charge is 2.35. The molecule has 0 radical (unpaired) electrons. The second-order valence-corrected chi connectivity index (χ2v) is 10.9. The molecule has 0 spiro atoms. The van der Waals surface area contributed by atoms with Crippen molar-refractivity contribution in [2.75, 3.05) is 50.7 Å². The van der Waals surface area contributed by atoms with Crippen LogP contribution in [0.4, 0.5) is 5.82 Å². The molecule has 1 amide bonds. The molecule has 2 saturated heterocycles. The molecule has 5 heterocycles. The van der Waals surface area contributed by atoms with E-state index in [0.29, 0.717) is 30.4 Å². The smallest absolute Gasteiger partial charge is 0.234 e. The molecule has 0 unspecified atom stereocenters. The number of halogens is 1. The third-order valence-corrected chi connectivity index (χ3v) is 8.19. The summed E-state index contributed by atoms with van der Waals surface area (Å²) in [7, 11) is 0. The first-order valence-corrected chi connectivity index (χ1v) is 13.8. The van der Waals surface area contributed by atoms with Crippen molar-refractivity contribution >= 4 is 51.3 Å². The first-order chi connectivity index (χ1) is 18.1. The van der Waals surface area contributed by atoms with Gasteiger partial charge in [-0.1, -0.05) is 18.5 Å². The summed E-state index contributed by atoms with van der Waals surface area (Å²) in [5.74, 6) is 0.913. The molecule has 0 saturated carbocycles. The second-order valence-electron chi connectivity index (χ2n) is 9.47. The Balaban J connectivity index is 1.19. The SMILES string of the molecule is CCC1=C(Cl)c2c(nc(Sc3cnc4nccnc4c3)nc2N2CC(NC(=O)CN3CCNCC3)C2)C1. The summed E-state index contributed by atoms with van der Waals surface area (Å²) in [6, 6.07) is 2.04. The minimum atomic E-state index is 0.0776. The van der Waals surface area contributed by atoms with Gasteiger partial charge in [0.2, 0.25) is 5.91 Å². The Morgan fingerprint density at radius 1 is 1.19 bits per heavy atom. The maximum absolute atomic E-state index is 12.6. The molecule has 2 N–H and O–H groups in total. The monoisotopic (exact) mass is 537 g/mol. The van der Waals surface area contributed by atoms with Gasteiger partial charge in [-0.15, -0.1) is 0 Å². The maximum Gasteiger partial charge on any atom is 0.234 e. The molecule has 0 bridgehead atoms. The van der Waals surface area contributed by atoms with Crippen LogP contribution in [0.3, 0.4) is 0 Å². The lowest BCUT2D eigenvalue weighted by molar-refractivity contribution is -0.123. The number of amides is 1. The summed E-state index contributed by atoms with van der Waals surface area (Å²) in [6.07, 6.45) is 6.66. The Kier molecular flexibility index (Phi) is 6.94. The fourth-order valence-electron chi connectivity index (χ4n) is 4.93. The van der Waals surface area contributed by atoms with Crippen molar-refractivity contribution in [2.24, 2.45) is 0 Å². The molecular formula is C25H28ClN9OS. The van der Waals surface area contributed by atoms with E-state index in [0.717, 1.165) is 71.5 Å². The number of nitrogens with zero attached hydrogens (tertiary/aromatic N) is 7. The van der Waals surface area contributed by atoms with Crippen LogP contribution in [-0.2, 0) is 11.2 Å². The van der Waals surface area contributed by atoms with Crippen LogP contribution in [0.5, 0.6) is 0 Å². The molecule has 0 atom stereocenters. The van der Waals surface area contributed by atoms with Gasteiger partial charge in [-0.25, -0.2) is 19.9 Å². The molecular weight excluding hydrogens is 510 g/mol. The van der Waals surface area contributed by atoms with Crippen LogP contribution in [0.15, 0.2) is 40.3 Å². The Labute approximate surface area is 224 Å². The van der Waals surface area contributed by atoms with E-state index < -0.39 is 0 Å². The molecule has 2 fully saturated rings. The quantitative estimate of drug-likeness (QED) is 0.434. The maximum atomic E-state index is 12.6. The van der Waals surface area contributed by atoms with E-state index in [9.17, 15) is 4.79 Å². The third kappa shape index (κ3) is 5.13. The van der Waals surface area contributed by atoms with Gasteiger partial charge in [-0.2, -0.15) is 0 Å². The largest absolute Gasteiger partial charge is 0.352 e. The summed E-state index contributed by atoms with van der Waals surface area (Å²) in [6.45, 7) is 7.62. The zero-order chi connectivity index (χ0) is 25.4. The van der Waals surface area contributed by atoms with Crippen LogP contribution in [0.1, 0.15) is 24.6 Å². The number of nitrogens with one attached hydrogen (secondary N) is 2. The number of carbonyl (C=O) groups excluding carboxylic acids is 1. The van der Waals surface area contributed by atoms with Crippen molar-refractivity contribution in [1.29, 1.82) is 0 Å². The van der Waals surface area contributed by atoms with Gasteiger partial charge in [0.15, 0.2) is 10.8 Å². The minimum absolute atomic E-state index is 0.0776. The van der Waals surface area contributed by atoms with Gasteiger partial charge < -0.3 is 15.5 Å². The van der Waals surface area contributed by atoms with Crippen LogP contribution in [-0.4, -0.2) is 87.6 Å². The molecule has 37 heavy (non-hydrogen) atoms. The van der Waals surface area contributed by atoms with E-state index in [-0.39, 0.29) is 11.9 Å². The fraction of sp³-hybridized carbons (Fsp3) is 0.440. The van der Waals surface area contributed by atoms with Gasteiger partial charge in [0.05, 0.1) is 28.9 Å². The molecule has 2 aliphatic heterocycles. The van der Waals surface area contributed by atoms with Crippen LogP contribution >= 0.6 is 23.4 Å². The number of hydrogen-bond acceptors (Lipinski definition) is 10. The number of aromatic nitrogens is 5. The highest BCUT2D eigenvalue weighted by Crippen LogP contribution is 2.43. The van der Waals surface area contributed by atoms with Gasteiger partial charge in [-0.3, -0.25) is 14.7 Å². The minimum Gasteiger partial charge on any atom is -0.352 e. The van der Waals surface area contributed by atoms with Crippen molar-refractivity contribution in [2.45, 2.75) is 35.9 Å². The van der Waals surface area contributed by atoms with Gasteiger partial charge in [0.1, 0.15) is 11.3 Å². The van der Waals surface area contributed by atoms with E-state index in [2.05, 4.69) is 42.3 Å². The van der Waals surface area contributed by atoms with Gasteiger partial charge in [0.25, 0.3) is 0 Å². The van der Waals surface area contributed by atoms with E-state index in [1.54, 1.807) is 18.6 Å². The summed E-state index contributed by atoms with van der Waals surface area (Å²) in [5.41, 5.74) is 4.40. The van der Waals surface area contributed by atoms with Crippen molar-refractivity contribution < 1.29 is 4.79 Å². The number of pyridine rings is 1. The first-order valence-electron chi connectivity index (χ1n) is 12.6. The number of carbonyl (C=O) groups is 1. The summed E-state index contributed by atoms with van der Waals surface area (Å²) >= 11 is 8.26. The average molecular weight is 538 g/mol. The molecule has 3 aromatic heterocycles. The van der Waals surface area contributed by atoms with Gasteiger partial charge in [-0.05, 0) is 29.8 Å². The molecule has 1 aliphatic carbocycles. The van der Waals surface area contributed by atoms with Crippen LogP contribution in [0.2, 0.25) is 0 Å². The lowest BCUT2D eigenvalue weighted by Gasteiger charge is -2.41.